The molecule has 0 bridgehead atoms. The number of fused-ring (bicyclic) bond motifs is 1. The van der Waals surface area contributed by atoms with Crippen LogP contribution in [0.25, 0.3) is 0 Å². The number of anilines is 2. The van der Waals surface area contributed by atoms with Crippen LogP contribution in [0, 0.1) is 5.82 Å². The van der Waals surface area contributed by atoms with E-state index in [1.54, 1.807) is 12.1 Å². The maximum Gasteiger partial charge on any atom is 0.247 e. The molecule has 0 spiro atoms. The van der Waals surface area contributed by atoms with Crippen molar-refractivity contribution >= 4 is 33.2 Å². The van der Waals surface area contributed by atoms with Gasteiger partial charge in [0.1, 0.15) is 11.9 Å². The lowest BCUT2D eigenvalue weighted by Crippen LogP contribution is -2.33. The maximum atomic E-state index is 13.7. The number of benzene rings is 2. The summed E-state index contributed by atoms with van der Waals surface area (Å²) in [6, 6.07) is 12.0. The smallest absolute Gasteiger partial charge is 0.247 e. The highest BCUT2D eigenvalue weighted by atomic mass is 79.9. The van der Waals surface area contributed by atoms with Crippen molar-refractivity contribution in [2.24, 2.45) is 0 Å². The Morgan fingerprint density at radius 3 is 2.80 bits per heavy atom. The molecule has 0 saturated carbocycles. The van der Waals surface area contributed by atoms with Gasteiger partial charge in [-0.05, 0) is 39.7 Å². The zero-order valence-corrected chi connectivity index (χ0v) is 12.1. The number of hydrogen-bond acceptors (Lipinski definition) is 2. The third-order valence-corrected chi connectivity index (χ3v) is 3.96. The molecule has 102 valence electrons. The van der Waals surface area contributed by atoms with Crippen molar-refractivity contribution in [2.45, 2.75) is 12.5 Å². The third kappa shape index (κ3) is 2.41. The van der Waals surface area contributed by atoms with Gasteiger partial charge < -0.3 is 10.6 Å². The van der Waals surface area contributed by atoms with Crippen LogP contribution in [0.5, 0.6) is 0 Å². The predicted octanol–water partition coefficient (Wildman–Crippen LogP) is 3.56. The van der Waals surface area contributed by atoms with E-state index in [9.17, 15) is 9.18 Å². The molecule has 1 heterocycles. The number of amides is 1. The molecule has 0 fully saturated rings. The Bertz CT molecular complexity index is 629. The molecule has 5 heteroatoms. The summed E-state index contributed by atoms with van der Waals surface area (Å²) in [6.07, 6.45) is 0.605. The zero-order chi connectivity index (χ0) is 14.1. The van der Waals surface area contributed by atoms with Gasteiger partial charge in [0.15, 0.2) is 0 Å². The lowest BCUT2D eigenvalue weighted by Gasteiger charge is -2.13. The van der Waals surface area contributed by atoms with Crippen LogP contribution in [0.1, 0.15) is 5.56 Å². The molecule has 0 aliphatic carbocycles. The Labute approximate surface area is 124 Å². The molecule has 0 radical (unpaired) electrons. The van der Waals surface area contributed by atoms with E-state index in [4.69, 9.17) is 0 Å². The highest BCUT2D eigenvalue weighted by Gasteiger charge is 2.27. The van der Waals surface area contributed by atoms with Crippen molar-refractivity contribution in [3.8, 4) is 0 Å². The summed E-state index contributed by atoms with van der Waals surface area (Å²) in [7, 11) is 0. The number of hydrogen-bond donors (Lipinski definition) is 2. The maximum absolute atomic E-state index is 13.7. The van der Waals surface area contributed by atoms with Gasteiger partial charge in [-0.15, -0.1) is 0 Å². The van der Waals surface area contributed by atoms with Crippen molar-refractivity contribution < 1.29 is 9.18 Å². The first-order chi connectivity index (χ1) is 9.65. The quantitative estimate of drug-likeness (QED) is 0.881. The molecule has 0 saturated heterocycles. The summed E-state index contributed by atoms with van der Waals surface area (Å²) in [5.41, 5.74) is 2.23. The Hall–Kier alpha value is -1.88. The minimum atomic E-state index is -0.455. The highest BCUT2D eigenvalue weighted by Crippen LogP contribution is 2.28. The number of carbonyl (C=O) groups excluding carboxylic acids is 1. The van der Waals surface area contributed by atoms with Crippen LogP contribution >= 0.6 is 15.9 Å². The normalized spacial score (nSPS) is 16.4. The van der Waals surface area contributed by atoms with Crippen LogP contribution in [-0.4, -0.2) is 11.9 Å². The number of halogens is 2. The van der Waals surface area contributed by atoms with Crippen molar-refractivity contribution in [3.63, 3.8) is 0 Å². The molecule has 1 amide bonds. The average Bonchev–Trinajstić information content (AvgIpc) is 2.87. The van der Waals surface area contributed by atoms with Crippen molar-refractivity contribution in [2.75, 3.05) is 10.6 Å². The van der Waals surface area contributed by atoms with Gasteiger partial charge in [0, 0.05) is 16.6 Å². The fourth-order valence-corrected chi connectivity index (χ4v) is 2.72. The lowest BCUT2D eigenvalue weighted by atomic mass is 10.1. The van der Waals surface area contributed by atoms with Gasteiger partial charge in [-0.2, -0.15) is 0 Å². The number of carbonyl (C=O) groups is 1. The van der Waals surface area contributed by atoms with Gasteiger partial charge >= 0.3 is 0 Å². The molecule has 2 aromatic rings. The monoisotopic (exact) mass is 334 g/mol. The Balaban J connectivity index is 1.76. The second kappa shape index (κ2) is 5.25. The van der Waals surface area contributed by atoms with E-state index in [2.05, 4.69) is 26.6 Å². The van der Waals surface area contributed by atoms with Gasteiger partial charge in [-0.25, -0.2) is 4.39 Å². The van der Waals surface area contributed by atoms with Crippen LogP contribution in [0.3, 0.4) is 0 Å². The molecular formula is C15H12BrFN2O. The van der Waals surface area contributed by atoms with E-state index >= 15 is 0 Å². The standard InChI is InChI=1S/C15H12BrFN2O/c16-10-5-3-6-11(17)14(10)19-15(20)13-8-9-4-1-2-7-12(9)18-13/h1-7,13,18H,8H2,(H,19,20)/t13-/m0/s1. The molecule has 3 rings (SSSR count). The molecule has 2 N–H and O–H groups in total. The van der Waals surface area contributed by atoms with Crippen LogP contribution < -0.4 is 10.6 Å². The van der Waals surface area contributed by atoms with E-state index in [0.29, 0.717) is 10.9 Å². The molecule has 1 aliphatic heterocycles. The van der Waals surface area contributed by atoms with Crippen molar-refractivity contribution in [1.29, 1.82) is 0 Å². The topological polar surface area (TPSA) is 41.1 Å². The van der Waals surface area contributed by atoms with Gasteiger partial charge in [-0.1, -0.05) is 24.3 Å². The second-order valence-electron chi connectivity index (χ2n) is 4.64. The largest absolute Gasteiger partial charge is 0.373 e. The van der Waals surface area contributed by atoms with E-state index in [1.165, 1.54) is 6.07 Å². The molecular weight excluding hydrogens is 323 g/mol. The molecule has 2 aromatic carbocycles. The van der Waals surface area contributed by atoms with Crippen LogP contribution in [0.4, 0.5) is 15.8 Å². The Morgan fingerprint density at radius 2 is 2.05 bits per heavy atom. The second-order valence-corrected chi connectivity index (χ2v) is 5.50. The van der Waals surface area contributed by atoms with Gasteiger partial charge in [0.2, 0.25) is 5.91 Å². The minimum Gasteiger partial charge on any atom is -0.373 e. The SMILES string of the molecule is O=C(Nc1c(F)cccc1Br)[C@@H]1Cc2ccccc2N1. The summed E-state index contributed by atoms with van der Waals surface area (Å²) in [4.78, 5) is 12.2. The van der Waals surface area contributed by atoms with Crippen molar-refractivity contribution in [3.05, 3.63) is 58.3 Å². The first-order valence-electron chi connectivity index (χ1n) is 6.24. The third-order valence-electron chi connectivity index (χ3n) is 3.30. The molecule has 20 heavy (non-hydrogen) atoms. The highest BCUT2D eigenvalue weighted by molar-refractivity contribution is 9.10. The fraction of sp³-hybridized carbons (Fsp3) is 0.133. The average molecular weight is 335 g/mol. The number of nitrogens with one attached hydrogen (secondary N) is 2. The molecule has 0 unspecified atom stereocenters. The van der Waals surface area contributed by atoms with Gasteiger partial charge in [0.25, 0.3) is 0 Å². The van der Waals surface area contributed by atoms with E-state index in [-0.39, 0.29) is 17.6 Å². The van der Waals surface area contributed by atoms with E-state index < -0.39 is 5.82 Å². The minimum absolute atomic E-state index is 0.176. The summed E-state index contributed by atoms with van der Waals surface area (Å²) in [5.74, 6) is -0.699. The number of rotatable bonds is 2. The van der Waals surface area contributed by atoms with E-state index in [1.807, 2.05) is 24.3 Å². The van der Waals surface area contributed by atoms with Gasteiger partial charge in [0.05, 0.1) is 5.69 Å². The lowest BCUT2D eigenvalue weighted by molar-refractivity contribution is -0.116. The molecule has 0 aromatic heterocycles. The molecule has 3 nitrogen and oxygen atoms in total. The first-order valence-corrected chi connectivity index (χ1v) is 7.04. The first kappa shape index (κ1) is 13.1. The summed E-state index contributed by atoms with van der Waals surface area (Å²) >= 11 is 3.24. The summed E-state index contributed by atoms with van der Waals surface area (Å²) in [5, 5.41) is 5.78. The fourth-order valence-electron chi connectivity index (χ4n) is 2.28. The molecule has 1 aliphatic rings. The number of para-hydroxylation sites is 2. The van der Waals surface area contributed by atoms with Crippen molar-refractivity contribution in [1.82, 2.24) is 0 Å². The van der Waals surface area contributed by atoms with E-state index in [0.717, 1.165) is 11.3 Å². The van der Waals surface area contributed by atoms with Crippen LogP contribution in [0.15, 0.2) is 46.9 Å². The summed E-state index contributed by atoms with van der Waals surface area (Å²) in [6.45, 7) is 0. The predicted molar refractivity (Wildman–Crippen MR) is 80.3 cm³/mol. The molecule has 1 atom stereocenters. The zero-order valence-electron chi connectivity index (χ0n) is 10.5. The van der Waals surface area contributed by atoms with Crippen LogP contribution in [-0.2, 0) is 11.2 Å². The Morgan fingerprint density at radius 1 is 1.25 bits per heavy atom. The summed E-state index contributed by atoms with van der Waals surface area (Å²) < 4.78 is 14.2. The Kier molecular flexibility index (Phi) is 3.44. The van der Waals surface area contributed by atoms with Crippen LogP contribution in [0.2, 0.25) is 0 Å². The van der Waals surface area contributed by atoms with Gasteiger partial charge in [-0.3, -0.25) is 4.79 Å².